The van der Waals surface area contributed by atoms with Gasteiger partial charge < -0.3 is 10.7 Å². The van der Waals surface area contributed by atoms with Gasteiger partial charge in [0, 0.05) is 16.3 Å². The van der Waals surface area contributed by atoms with Crippen LogP contribution in [0.15, 0.2) is 30.3 Å². The second-order valence-corrected chi connectivity index (χ2v) is 4.22. The van der Waals surface area contributed by atoms with E-state index < -0.39 is 23.3 Å². The summed E-state index contributed by atoms with van der Waals surface area (Å²) in [6, 6.07) is 7.40. The third-order valence-electron chi connectivity index (χ3n) is 2.53. The number of aromatic nitrogens is 1. The predicted octanol–water partition coefficient (Wildman–Crippen LogP) is 3.45. The first-order valence-corrected chi connectivity index (χ1v) is 5.53. The standard InChI is InChI=1S/C12H8ClF3N2O/c13-8-4-2-1-3-6(8)9-5-7(11(17)19)10(18-9)12(14,15)16/h1-5,18H,(H2,17,19). The molecule has 0 saturated heterocycles. The molecule has 0 bridgehead atoms. The highest BCUT2D eigenvalue weighted by molar-refractivity contribution is 6.33. The maximum Gasteiger partial charge on any atom is 0.432 e. The minimum atomic E-state index is -4.69. The Morgan fingerprint density at radius 2 is 1.89 bits per heavy atom. The molecule has 100 valence electrons. The van der Waals surface area contributed by atoms with Crippen LogP contribution in [0.5, 0.6) is 0 Å². The lowest BCUT2D eigenvalue weighted by atomic mass is 10.1. The molecule has 2 aromatic rings. The Hall–Kier alpha value is -1.95. The van der Waals surface area contributed by atoms with Gasteiger partial charge >= 0.3 is 6.18 Å². The number of aromatic amines is 1. The fraction of sp³-hybridized carbons (Fsp3) is 0.0833. The highest BCUT2D eigenvalue weighted by Gasteiger charge is 2.37. The Balaban J connectivity index is 2.62. The number of carbonyl (C=O) groups excluding carboxylic acids is 1. The Morgan fingerprint density at radius 1 is 1.26 bits per heavy atom. The van der Waals surface area contributed by atoms with Crippen molar-refractivity contribution in [3.63, 3.8) is 0 Å². The Labute approximate surface area is 111 Å². The molecular formula is C12H8ClF3N2O. The second-order valence-electron chi connectivity index (χ2n) is 3.81. The molecule has 0 aliphatic heterocycles. The maximum absolute atomic E-state index is 12.8. The SMILES string of the molecule is NC(=O)c1cc(-c2ccccc2Cl)[nH]c1C(F)(F)F. The average molecular weight is 289 g/mol. The van der Waals surface area contributed by atoms with Crippen molar-refractivity contribution >= 4 is 17.5 Å². The number of carbonyl (C=O) groups is 1. The third kappa shape index (κ3) is 2.58. The fourth-order valence-corrected chi connectivity index (χ4v) is 1.93. The summed E-state index contributed by atoms with van der Waals surface area (Å²) >= 11 is 5.90. The van der Waals surface area contributed by atoms with E-state index in [0.29, 0.717) is 5.56 Å². The van der Waals surface area contributed by atoms with Crippen LogP contribution >= 0.6 is 11.6 Å². The molecule has 0 atom stereocenters. The molecule has 0 saturated carbocycles. The van der Waals surface area contributed by atoms with Crippen LogP contribution in [0.3, 0.4) is 0 Å². The molecule has 0 spiro atoms. The van der Waals surface area contributed by atoms with Crippen molar-refractivity contribution in [2.45, 2.75) is 6.18 Å². The largest absolute Gasteiger partial charge is 0.432 e. The van der Waals surface area contributed by atoms with Crippen LogP contribution in [0.1, 0.15) is 16.1 Å². The molecule has 0 fully saturated rings. The van der Waals surface area contributed by atoms with Gasteiger partial charge in [-0.1, -0.05) is 29.8 Å². The van der Waals surface area contributed by atoms with Crippen LogP contribution in [-0.2, 0) is 6.18 Å². The van der Waals surface area contributed by atoms with Gasteiger partial charge in [-0.3, -0.25) is 4.79 Å². The maximum atomic E-state index is 12.8. The first-order chi connectivity index (χ1) is 8.80. The highest BCUT2D eigenvalue weighted by Crippen LogP contribution is 2.35. The number of benzene rings is 1. The second kappa shape index (κ2) is 4.62. The van der Waals surface area contributed by atoms with Crippen molar-refractivity contribution in [3.05, 3.63) is 46.6 Å². The van der Waals surface area contributed by atoms with Crippen molar-refractivity contribution < 1.29 is 18.0 Å². The van der Waals surface area contributed by atoms with Gasteiger partial charge in [0.2, 0.25) is 0 Å². The number of hydrogen-bond donors (Lipinski definition) is 2. The van der Waals surface area contributed by atoms with Crippen LogP contribution in [0, 0.1) is 0 Å². The van der Waals surface area contributed by atoms with Crippen LogP contribution in [0.2, 0.25) is 5.02 Å². The van der Waals surface area contributed by atoms with Gasteiger partial charge in [0.25, 0.3) is 5.91 Å². The van der Waals surface area contributed by atoms with E-state index in [1.807, 2.05) is 0 Å². The molecule has 2 rings (SSSR count). The zero-order valence-electron chi connectivity index (χ0n) is 9.38. The molecule has 3 nitrogen and oxygen atoms in total. The van der Waals surface area contributed by atoms with Crippen LogP contribution in [-0.4, -0.2) is 10.9 Å². The van der Waals surface area contributed by atoms with Gasteiger partial charge in [-0.2, -0.15) is 13.2 Å². The van der Waals surface area contributed by atoms with Gasteiger partial charge in [0.05, 0.1) is 5.56 Å². The minimum absolute atomic E-state index is 0.0896. The fourth-order valence-electron chi connectivity index (χ4n) is 1.70. The molecular weight excluding hydrogens is 281 g/mol. The molecule has 0 aliphatic carbocycles. The van der Waals surface area contributed by atoms with Crippen molar-refractivity contribution in [1.29, 1.82) is 0 Å². The summed E-state index contributed by atoms with van der Waals surface area (Å²) in [4.78, 5) is 13.2. The molecule has 0 unspecified atom stereocenters. The van der Waals surface area contributed by atoms with Crippen LogP contribution < -0.4 is 5.73 Å². The van der Waals surface area contributed by atoms with Crippen LogP contribution in [0.4, 0.5) is 13.2 Å². The van der Waals surface area contributed by atoms with E-state index in [4.69, 9.17) is 17.3 Å². The van der Waals surface area contributed by atoms with Crippen molar-refractivity contribution in [2.24, 2.45) is 5.73 Å². The number of alkyl halides is 3. The number of nitrogens with two attached hydrogens (primary N) is 1. The highest BCUT2D eigenvalue weighted by atomic mass is 35.5. The molecule has 0 aliphatic rings. The van der Waals surface area contributed by atoms with Crippen molar-refractivity contribution in [3.8, 4) is 11.3 Å². The van der Waals surface area contributed by atoms with Gasteiger partial charge in [0.1, 0.15) is 5.69 Å². The van der Waals surface area contributed by atoms with Crippen molar-refractivity contribution in [2.75, 3.05) is 0 Å². The summed E-state index contributed by atoms with van der Waals surface area (Å²) in [5, 5.41) is 0.272. The summed E-state index contributed by atoms with van der Waals surface area (Å²) in [5.74, 6) is -1.15. The minimum Gasteiger partial charge on any atom is -0.366 e. The van der Waals surface area contributed by atoms with E-state index in [2.05, 4.69) is 4.98 Å². The van der Waals surface area contributed by atoms with E-state index in [1.165, 1.54) is 6.07 Å². The zero-order chi connectivity index (χ0) is 14.2. The molecule has 1 amide bonds. The molecule has 0 radical (unpaired) electrons. The quantitative estimate of drug-likeness (QED) is 0.873. The molecule has 7 heteroatoms. The van der Waals surface area contributed by atoms with E-state index in [0.717, 1.165) is 6.07 Å². The predicted molar refractivity (Wildman–Crippen MR) is 64.8 cm³/mol. The number of hydrogen-bond acceptors (Lipinski definition) is 1. The number of halogens is 4. The summed E-state index contributed by atoms with van der Waals surface area (Å²) in [6.07, 6.45) is -4.69. The monoisotopic (exact) mass is 288 g/mol. The van der Waals surface area contributed by atoms with Gasteiger partial charge in [0.15, 0.2) is 0 Å². The van der Waals surface area contributed by atoms with Gasteiger partial charge in [-0.25, -0.2) is 0 Å². The number of H-pyrrole nitrogens is 1. The van der Waals surface area contributed by atoms with E-state index in [9.17, 15) is 18.0 Å². The van der Waals surface area contributed by atoms with E-state index >= 15 is 0 Å². The lowest BCUT2D eigenvalue weighted by Crippen LogP contribution is -2.17. The molecule has 3 N–H and O–H groups in total. The number of rotatable bonds is 2. The number of nitrogens with one attached hydrogen (secondary N) is 1. The summed E-state index contributed by atoms with van der Waals surface area (Å²) < 4.78 is 38.3. The number of amides is 1. The lowest BCUT2D eigenvalue weighted by molar-refractivity contribution is -0.141. The Kier molecular flexibility index (Phi) is 3.28. The molecule has 19 heavy (non-hydrogen) atoms. The van der Waals surface area contributed by atoms with Crippen molar-refractivity contribution in [1.82, 2.24) is 4.98 Å². The summed E-state index contributed by atoms with van der Waals surface area (Å²) in [6.45, 7) is 0. The normalized spacial score (nSPS) is 11.6. The lowest BCUT2D eigenvalue weighted by Gasteiger charge is -2.05. The van der Waals surface area contributed by atoms with E-state index in [1.54, 1.807) is 18.2 Å². The average Bonchev–Trinajstić information content (AvgIpc) is 2.74. The third-order valence-corrected chi connectivity index (χ3v) is 2.86. The van der Waals surface area contributed by atoms with Gasteiger partial charge in [-0.15, -0.1) is 0 Å². The number of primary amides is 1. The van der Waals surface area contributed by atoms with Crippen LogP contribution in [0.25, 0.3) is 11.3 Å². The smallest absolute Gasteiger partial charge is 0.366 e. The first-order valence-electron chi connectivity index (χ1n) is 5.15. The molecule has 1 aromatic carbocycles. The Morgan fingerprint density at radius 3 is 2.37 bits per heavy atom. The van der Waals surface area contributed by atoms with Gasteiger partial charge in [-0.05, 0) is 12.1 Å². The first kappa shape index (κ1) is 13.5. The van der Waals surface area contributed by atoms with E-state index in [-0.39, 0.29) is 10.7 Å². The zero-order valence-corrected chi connectivity index (χ0v) is 10.1. The topological polar surface area (TPSA) is 58.9 Å². The summed E-state index contributed by atoms with van der Waals surface area (Å²) in [5.41, 5.74) is 3.62. The Bertz CT molecular complexity index is 634. The molecule has 1 heterocycles. The molecule has 1 aromatic heterocycles. The summed E-state index contributed by atoms with van der Waals surface area (Å²) in [7, 11) is 0.